The second kappa shape index (κ2) is 5.82. The number of imidazole rings is 1. The molecule has 0 spiro atoms. The highest BCUT2D eigenvalue weighted by Crippen LogP contribution is 2.32. The van der Waals surface area contributed by atoms with Crippen LogP contribution in [0.15, 0.2) is 85.6 Å². The molecule has 24 heavy (non-hydrogen) atoms. The van der Waals surface area contributed by atoms with Crippen molar-refractivity contribution in [3.05, 3.63) is 102 Å². The Hall–Kier alpha value is -3.13. The van der Waals surface area contributed by atoms with Gasteiger partial charge in [-0.1, -0.05) is 72.8 Å². The van der Waals surface area contributed by atoms with Crippen molar-refractivity contribution in [3.8, 4) is 11.3 Å². The van der Waals surface area contributed by atoms with E-state index in [1.165, 1.54) is 5.56 Å². The van der Waals surface area contributed by atoms with Gasteiger partial charge in [0.15, 0.2) is 0 Å². The summed E-state index contributed by atoms with van der Waals surface area (Å²) in [5.74, 6) is 0. The molecule has 4 aromatic rings. The molecule has 0 N–H and O–H groups in total. The van der Waals surface area contributed by atoms with Gasteiger partial charge in [0.25, 0.3) is 0 Å². The highest BCUT2D eigenvalue weighted by molar-refractivity contribution is 5.86. The van der Waals surface area contributed by atoms with Crippen LogP contribution in [0.5, 0.6) is 0 Å². The molecule has 4 rings (SSSR count). The largest absolute Gasteiger partial charge is 0.299 e. The predicted molar refractivity (Wildman–Crippen MR) is 99.9 cm³/mol. The lowest BCUT2D eigenvalue weighted by molar-refractivity contribution is 1.16. The Kier molecular flexibility index (Phi) is 3.51. The van der Waals surface area contributed by atoms with Crippen molar-refractivity contribution in [2.45, 2.75) is 6.92 Å². The van der Waals surface area contributed by atoms with Crippen LogP contribution in [0.4, 0.5) is 0 Å². The number of hydrogen-bond acceptors (Lipinski definition) is 1. The standard InChI is InChI=1S/C22H18N2/c1-16-9-8-12-19(15-16)17(2)22-21(18-10-4-3-5-11-18)23-20-13-6-7-14-24(20)22/h3-15H,2H2,1H3. The number of aryl methyl sites for hydroxylation is 1. The average Bonchev–Trinajstić information content (AvgIpc) is 3.01. The minimum Gasteiger partial charge on any atom is -0.299 e. The third-order valence-corrected chi connectivity index (χ3v) is 4.23. The SMILES string of the molecule is C=C(c1cccc(C)c1)c1c(-c2ccccc2)nc2ccccn12. The summed E-state index contributed by atoms with van der Waals surface area (Å²) >= 11 is 0. The van der Waals surface area contributed by atoms with Crippen LogP contribution in [0.1, 0.15) is 16.8 Å². The normalized spacial score (nSPS) is 10.9. The molecular formula is C22H18N2. The summed E-state index contributed by atoms with van der Waals surface area (Å²) < 4.78 is 2.12. The minimum absolute atomic E-state index is 0.931. The molecule has 0 unspecified atom stereocenters. The first-order valence-corrected chi connectivity index (χ1v) is 8.03. The van der Waals surface area contributed by atoms with Gasteiger partial charge in [-0.15, -0.1) is 0 Å². The van der Waals surface area contributed by atoms with E-state index in [0.29, 0.717) is 0 Å². The van der Waals surface area contributed by atoms with E-state index in [-0.39, 0.29) is 0 Å². The van der Waals surface area contributed by atoms with Gasteiger partial charge in [0, 0.05) is 17.3 Å². The fourth-order valence-electron chi connectivity index (χ4n) is 3.05. The second-order valence-electron chi connectivity index (χ2n) is 5.95. The molecule has 0 atom stereocenters. The Morgan fingerprint density at radius 1 is 0.917 bits per heavy atom. The van der Waals surface area contributed by atoms with E-state index < -0.39 is 0 Å². The zero-order chi connectivity index (χ0) is 16.5. The molecule has 0 fully saturated rings. The van der Waals surface area contributed by atoms with Gasteiger partial charge in [-0.05, 0) is 24.6 Å². The van der Waals surface area contributed by atoms with E-state index in [1.54, 1.807) is 0 Å². The molecular weight excluding hydrogens is 292 g/mol. The van der Waals surface area contributed by atoms with E-state index in [4.69, 9.17) is 4.98 Å². The number of fused-ring (bicyclic) bond motifs is 1. The second-order valence-corrected chi connectivity index (χ2v) is 5.95. The summed E-state index contributed by atoms with van der Waals surface area (Å²) in [4.78, 5) is 4.85. The zero-order valence-electron chi connectivity index (χ0n) is 13.6. The predicted octanol–water partition coefficient (Wildman–Crippen LogP) is 5.37. The van der Waals surface area contributed by atoms with E-state index in [2.05, 4.69) is 54.3 Å². The van der Waals surface area contributed by atoms with Crippen molar-refractivity contribution in [1.82, 2.24) is 9.38 Å². The summed E-state index contributed by atoms with van der Waals surface area (Å²) in [5, 5.41) is 0. The van der Waals surface area contributed by atoms with Gasteiger partial charge in [0.2, 0.25) is 0 Å². The Morgan fingerprint density at radius 2 is 1.71 bits per heavy atom. The lowest BCUT2D eigenvalue weighted by Crippen LogP contribution is -1.95. The minimum atomic E-state index is 0.931. The number of nitrogens with zero attached hydrogens (tertiary/aromatic N) is 2. The molecule has 2 aromatic heterocycles. The van der Waals surface area contributed by atoms with Gasteiger partial charge in [0.1, 0.15) is 5.65 Å². The van der Waals surface area contributed by atoms with Gasteiger partial charge in [-0.3, -0.25) is 4.40 Å². The topological polar surface area (TPSA) is 17.3 Å². The summed E-state index contributed by atoms with van der Waals surface area (Å²) in [6.07, 6.45) is 2.05. The first-order chi connectivity index (χ1) is 11.7. The van der Waals surface area contributed by atoms with E-state index in [9.17, 15) is 0 Å². The van der Waals surface area contributed by atoms with Crippen LogP contribution >= 0.6 is 0 Å². The number of aromatic nitrogens is 2. The van der Waals surface area contributed by atoms with Crippen molar-refractivity contribution >= 4 is 11.2 Å². The highest BCUT2D eigenvalue weighted by atomic mass is 15.0. The van der Waals surface area contributed by atoms with E-state index >= 15 is 0 Å². The molecule has 2 nitrogen and oxygen atoms in total. The summed E-state index contributed by atoms with van der Waals surface area (Å²) in [7, 11) is 0. The van der Waals surface area contributed by atoms with Gasteiger partial charge >= 0.3 is 0 Å². The Morgan fingerprint density at radius 3 is 2.50 bits per heavy atom. The lowest BCUT2D eigenvalue weighted by atomic mass is 9.99. The van der Waals surface area contributed by atoms with Crippen LogP contribution in [0.3, 0.4) is 0 Å². The summed E-state index contributed by atoms with van der Waals surface area (Å²) in [6, 6.07) is 24.8. The van der Waals surface area contributed by atoms with Crippen molar-refractivity contribution in [2.24, 2.45) is 0 Å². The molecule has 116 valence electrons. The monoisotopic (exact) mass is 310 g/mol. The lowest BCUT2D eigenvalue weighted by Gasteiger charge is -2.10. The number of rotatable bonds is 3. The molecule has 2 heteroatoms. The third-order valence-electron chi connectivity index (χ3n) is 4.23. The van der Waals surface area contributed by atoms with Crippen molar-refractivity contribution in [1.29, 1.82) is 0 Å². The van der Waals surface area contributed by atoms with Crippen LogP contribution in [-0.4, -0.2) is 9.38 Å². The molecule has 0 aliphatic heterocycles. The first kappa shape index (κ1) is 14.5. The van der Waals surface area contributed by atoms with Gasteiger partial charge < -0.3 is 0 Å². The van der Waals surface area contributed by atoms with Crippen LogP contribution < -0.4 is 0 Å². The molecule has 0 aliphatic rings. The first-order valence-electron chi connectivity index (χ1n) is 8.03. The molecule has 0 radical (unpaired) electrons. The molecule has 0 saturated heterocycles. The van der Waals surface area contributed by atoms with Gasteiger partial charge in [-0.2, -0.15) is 0 Å². The number of hydrogen-bond donors (Lipinski definition) is 0. The maximum Gasteiger partial charge on any atom is 0.137 e. The molecule has 0 saturated carbocycles. The molecule has 0 bridgehead atoms. The summed E-state index contributed by atoms with van der Waals surface area (Å²) in [6.45, 7) is 6.48. The summed E-state index contributed by atoms with van der Waals surface area (Å²) in [5.41, 5.74) is 7.37. The fraction of sp³-hybridized carbons (Fsp3) is 0.0455. The number of pyridine rings is 1. The maximum atomic E-state index is 4.85. The average molecular weight is 310 g/mol. The van der Waals surface area contributed by atoms with Crippen LogP contribution in [0, 0.1) is 6.92 Å². The molecule has 2 heterocycles. The van der Waals surface area contributed by atoms with Gasteiger partial charge in [-0.25, -0.2) is 4.98 Å². The van der Waals surface area contributed by atoms with Gasteiger partial charge in [0.05, 0.1) is 11.4 Å². The third kappa shape index (κ3) is 2.42. The fourth-order valence-corrected chi connectivity index (χ4v) is 3.05. The molecule has 0 amide bonds. The van der Waals surface area contributed by atoms with E-state index in [0.717, 1.165) is 33.7 Å². The Bertz CT molecular complexity index is 1030. The zero-order valence-corrected chi connectivity index (χ0v) is 13.6. The quantitative estimate of drug-likeness (QED) is 0.497. The highest BCUT2D eigenvalue weighted by Gasteiger charge is 2.17. The molecule has 2 aromatic carbocycles. The maximum absolute atomic E-state index is 4.85. The van der Waals surface area contributed by atoms with Crippen LogP contribution in [0.2, 0.25) is 0 Å². The smallest absolute Gasteiger partial charge is 0.137 e. The van der Waals surface area contributed by atoms with Crippen molar-refractivity contribution in [3.63, 3.8) is 0 Å². The van der Waals surface area contributed by atoms with Crippen LogP contribution in [0.25, 0.3) is 22.5 Å². The van der Waals surface area contributed by atoms with E-state index in [1.807, 2.05) is 42.6 Å². The Balaban J connectivity index is 1.98. The number of benzene rings is 2. The molecule has 0 aliphatic carbocycles. The van der Waals surface area contributed by atoms with Crippen LogP contribution in [-0.2, 0) is 0 Å². The van der Waals surface area contributed by atoms with Crippen molar-refractivity contribution in [2.75, 3.05) is 0 Å². The van der Waals surface area contributed by atoms with Crippen molar-refractivity contribution < 1.29 is 0 Å². The Labute approximate surface area is 141 Å².